The fraction of sp³-hybridized carbons (Fsp3) is 0. The lowest BCUT2D eigenvalue weighted by Crippen LogP contribution is -2.34. The van der Waals surface area contributed by atoms with Crippen LogP contribution in [0.15, 0.2) is 63.0 Å². The number of benzene rings is 2. The van der Waals surface area contributed by atoms with E-state index in [9.17, 15) is 22.6 Å². The van der Waals surface area contributed by atoms with Gasteiger partial charge in [-0.3, -0.25) is 9.35 Å². The van der Waals surface area contributed by atoms with Crippen molar-refractivity contribution in [2.24, 2.45) is 0 Å². The summed E-state index contributed by atoms with van der Waals surface area (Å²) in [7, 11) is -4.60. The van der Waals surface area contributed by atoms with E-state index < -0.39 is 26.3 Å². The van der Waals surface area contributed by atoms with Crippen molar-refractivity contribution >= 4 is 21.0 Å². The molecule has 0 aliphatic carbocycles. The Kier molecular flexibility index (Phi) is 3.19. The van der Waals surface area contributed by atoms with Crippen LogP contribution in [0.25, 0.3) is 16.6 Å². The molecule has 3 aromatic rings. The predicted molar refractivity (Wildman–Crippen MR) is 80.0 cm³/mol. The van der Waals surface area contributed by atoms with Crippen LogP contribution in [0.2, 0.25) is 0 Å². The molecule has 2 aromatic carbocycles. The summed E-state index contributed by atoms with van der Waals surface area (Å²) < 4.78 is 33.0. The molecule has 0 saturated heterocycles. The molecule has 0 bridgehead atoms. The Morgan fingerprint density at radius 1 is 0.955 bits per heavy atom. The molecular formula is C14H10N2O5S. The molecule has 0 saturated carbocycles. The van der Waals surface area contributed by atoms with E-state index in [0.29, 0.717) is 5.69 Å². The summed E-state index contributed by atoms with van der Waals surface area (Å²) >= 11 is 0. The third-order valence-electron chi connectivity index (χ3n) is 3.18. The van der Waals surface area contributed by atoms with E-state index in [1.54, 1.807) is 30.3 Å². The van der Waals surface area contributed by atoms with Gasteiger partial charge in [0.25, 0.3) is 15.7 Å². The van der Waals surface area contributed by atoms with Crippen molar-refractivity contribution in [3.8, 4) is 5.69 Å². The van der Waals surface area contributed by atoms with Gasteiger partial charge in [-0.1, -0.05) is 24.3 Å². The first kappa shape index (κ1) is 14.2. The number of hydrogen-bond donors (Lipinski definition) is 2. The van der Waals surface area contributed by atoms with Crippen molar-refractivity contribution in [2.45, 2.75) is 4.90 Å². The second-order valence-electron chi connectivity index (χ2n) is 4.56. The fourth-order valence-corrected chi connectivity index (χ4v) is 2.96. The minimum absolute atomic E-state index is 0.0392. The lowest BCUT2D eigenvalue weighted by Gasteiger charge is -2.08. The molecule has 112 valence electrons. The minimum atomic E-state index is -4.60. The van der Waals surface area contributed by atoms with Gasteiger partial charge in [0, 0.05) is 0 Å². The first-order chi connectivity index (χ1) is 10.4. The summed E-state index contributed by atoms with van der Waals surface area (Å²) in [6.07, 6.45) is 0. The summed E-state index contributed by atoms with van der Waals surface area (Å²) in [5.41, 5.74) is -1.19. The van der Waals surface area contributed by atoms with Crippen molar-refractivity contribution in [3.05, 3.63) is 69.4 Å². The van der Waals surface area contributed by atoms with Crippen LogP contribution in [0, 0.1) is 0 Å². The molecule has 0 radical (unpaired) electrons. The smallest absolute Gasteiger partial charge is 0.306 e. The number of nitrogens with one attached hydrogen (secondary N) is 1. The molecule has 7 nitrogen and oxygen atoms in total. The Labute approximate surface area is 124 Å². The van der Waals surface area contributed by atoms with E-state index in [1.165, 1.54) is 12.1 Å². The Hall–Kier alpha value is -2.71. The van der Waals surface area contributed by atoms with Gasteiger partial charge in [0.2, 0.25) is 0 Å². The quantitative estimate of drug-likeness (QED) is 0.683. The molecule has 8 heteroatoms. The maximum absolute atomic E-state index is 12.6. The van der Waals surface area contributed by atoms with E-state index in [2.05, 4.69) is 4.98 Å². The highest BCUT2D eigenvalue weighted by molar-refractivity contribution is 7.86. The van der Waals surface area contributed by atoms with Crippen LogP contribution < -0.4 is 11.2 Å². The molecule has 0 unspecified atom stereocenters. The number of H-pyrrole nitrogens is 1. The minimum Gasteiger partial charge on any atom is -0.306 e. The van der Waals surface area contributed by atoms with E-state index in [4.69, 9.17) is 0 Å². The summed E-state index contributed by atoms with van der Waals surface area (Å²) in [6, 6.07) is 11.9. The van der Waals surface area contributed by atoms with Crippen molar-refractivity contribution in [1.82, 2.24) is 9.55 Å². The highest BCUT2D eigenvalue weighted by Crippen LogP contribution is 2.17. The van der Waals surface area contributed by atoms with Gasteiger partial charge in [-0.2, -0.15) is 8.42 Å². The summed E-state index contributed by atoms with van der Waals surface area (Å²) in [5.74, 6) is 0. The van der Waals surface area contributed by atoms with Gasteiger partial charge in [-0.15, -0.1) is 0 Å². The maximum Gasteiger partial charge on any atom is 0.333 e. The van der Waals surface area contributed by atoms with Gasteiger partial charge in [0.1, 0.15) is 4.90 Å². The van der Waals surface area contributed by atoms with Crippen LogP contribution in [0.5, 0.6) is 0 Å². The molecule has 0 amide bonds. The van der Waals surface area contributed by atoms with Gasteiger partial charge in [0.05, 0.1) is 16.6 Å². The molecular weight excluding hydrogens is 308 g/mol. The molecule has 0 aliphatic rings. The van der Waals surface area contributed by atoms with E-state index in [0.717, 1.165) is 10.6 Å². The molecule has 0 aliphatic heterocycles. The Balaban J connectivity index is 2.53. The van der Waals surface area contributed by atoms with Crippen LogP contribution in [0.4, 0.5) is 0 Å². The molecule has 3 rings (SSSR count). The number of aromatic amines is 1. The number of aromatic nitrogens is 2. The third-order valence-corrected chi connectivity index (χ3v) is 4.08. The van der Waals surface area contributed by atoms with Crippen LogP contribution >= 0.6 is 0 Å². The van der Waals surface area contributed by atoms with Gasteiger partial charge in [-0.05, 0) is 24.3 Å². The Bertz CT molecular complexity index is 1080. The second-order valence-corrected chi connectivity index (χ2v) is 5.95. The van der Waals surface area contributed by atoms with Crippen molar-refractivity contribution in [2.75, 3.05) is 0 Å². The molecule has 0 fully saturated rings. The SMILES string of the molecule is O=c1[nH]c2cccc(S(=O)(=O)O)c2c(=O)n1-c1ccccc1. The highest BCUT2D eigenvalue weighted by Gasteiger charge is 2.19. The number of hydrogen-bond acceptors (Lipinski definition) is 4. The summed E-state index contributed by atoms with van der Waals surface area (Å²) in [6.45, 7) is 0. The topological polar surface area (TPSA) is 109 Å². The van der Waals surface area contributed by atoms with Crippen molar-refractivity contribution < 1.29 is 13.0 Å². The van der Waals surface area contributed by atoms with Gasteiger partial charge in [-0.25, -0.2) is 9.36 Å². The number of para-hydroxylation sites is 1. The molecule has 1 heterocycles. The highest BCUT2D eigenvalue weighted by atomic mass is 32.2. The Morgan fingerprint density at radius 2 is 1.64 bits per heavy atom. The van der Waals surface area contributed by atoms with Crippen LogP contribution in [-0.2, 0) is 10.1 Å². The standard InChI is InChI=1S/C14H10N2O5S/c17-13-12-10(7-4-8-11(12)22(19,20)21)15-14(18)16(13)9-5-2-1-3-6-9/h1-8H,(H,15,18)(H,19,20,21). The number of rotatable bonds is 2. The van der Waals surface area contributed by atoms with Gasteiger partial charge in [0.15, 0.2) is 0 Å². The number of fused-ring (bicyclic) bond motifs is 1. The molecule has 22 heavy (non-hydrogen) atoms. The van der Waals surface area contributed by atoms with Crippen LogP contribution in [-0.4, -0.2) is 22.5 Å². The van der Waals surface area contributed by atoms with Crippen LogP contribution in [0.1, 0.15) is 0 Å². The van der Waals surface area contributed by atoms with Crippen molar-refractivity contribution in [3.63, 3.8) is 0 Å². The number of nitrogens with zero attached hydrogens (tertiary/aromatic N) is 1. The maximum atomic E-state index is 12.6. The van der Waals surface area contributed by atoms with E-state index in [-0.39, 0.29) is 10.9 Å². The zero-order valence-corrected chi connectivity index (χ0v) is 11.9. The first-order valence-electron chi connectivity index (χ1n) is 6.20. The largest absolute Gasteiger partial charge is 0.333 e. The average molecular weight is 318 g/mol. The van der Waals surface area contributed by atoms with Crippen molar-refractivity contribution in [1.29, 1.82) is 0 Å². The molecule has 1 aromatic heterocycles. The molecule has 2 N–H and O–H groups in total. The Morgan fingerprint density at radius 3 is 2.27 bits per heavy atom. The van der Waals surface area contributed by atoms with E-state index in [1.807, 2.05) is 0 Å². The molecule has 0 atom stereocenters. The van der Waals surface area contributed by atoms with Crippen LogP contribution in [0.3, 0.4) is 0 Å². The summed E-state index contributed by atoms with van der Waals surface area (Å²) in [5, 5.41) is -0.270. The zero-order valence-electron chi connectivity index (χ0n) is 11.1. The van der Waals surface area contributed by atoms with Gasteiger partial charge < -0.3 is 4.98 Å². The predicted octanol–water partition coefficient (Wildman–Crippen LogP) is 0.926. The van der Waals surface area contributed by atoms with E-state index >= 15 is 0 Å². The zero-order chi connectivity index (χ0) is 15.9. The fourth-order valence-electron chi connectivity index (χ4n) is 2.26. The lowest BCUT2D eigenvalue weighted by molar-refractivity contribution is 0.484. The van der Waals surface area contributed by atoms with Gasteiger partial charge >= 0.3 is 5.69 Å². The summed E-state index contributed by atoms with van der Waals surface area (Å²) in [4.78, 5) is 26.6. The average Bonchev–Trinajstić information content (AvgIpc) is 2.46. The molecule has 0 spiro atoms. The second kappa shape index (κ2) is 4.93. The third kappa shape index (κ3) is 2.24. The first-order valence-corrected chi connectivity index (χ1v) is 7.64. The monoisotopic (exact) mass is 318 g/mol. The lowest BCUT2D eigenvalue weighted by atomic mass is 10.2. The normalized spacial score (nSPS) is 11.7.